The van der Waals surface area contributed by atoms with Crippen LogP contribution in [0.15, 0.2) is 30.3 Å². The van der Waals surface area contributed by atoms with Crippen LogP contribution in [0.3, 0.4) is 0 Å². The Balaban J connectivity index is 1.30. The molecule has 3 amide bonds. The molecular weight excluding hydrogens is 436 g/mol. The minimum Gasteiger partial charge on any atom is -0.493 e. The second kappa shape index (κ2) is 13.9. The molecule has 9 nitrogen and oxygen atoms in total. The Hall–Kier alpha value is -2.65. The Morgan fingerprint density at radius 3 is 2.32 bits per heavy atom. The van der Waals surface area contributed by atoms with Gasteiger partial charge in [-0.1, -0.05) is 18.2 Å². The van der Waals surface area contributed by atoms with Gasteiger partial charge < -0.3 is 24.6 Å². The maximum atomic E-state index is 13.0. The molecule has 0 aromatic heterocycles. The van der Waals surface area contributed by atoms with E-state index in [1.165, 1.54) is 0 Å². The third-order valence-electron chi connectivity index (χ3n) is 6.42. The highest BCUT2D eigenvalue weighted by Gasteiger charge is 2.31. The number of hydrogen-bond acceptors (Lipinski definition) is 6. The zero-order valence-corrected chi connectivity index (χ0v) is 20.2. The third-order valence-corrected chi connectivity index (χ3v) is 6.42. The molecule has 1 aromatic carbocycles. The van der Waals surface area contributed by atoms with Gasteiger partial charge in [0.25, 0.3) is 0 Å². The molecule has 0 radical (unpaired) electrons. The second-order valence-corrected chi connectivity index (χ2v) is 8.86. The molecule has 3 rings (SSSR count). The molecule has 9 heteroatoms. The van der Waals surface area contributed by atoms with Crippen molar-refractivity contribution in [1.82, 2.24) is 20.0 Å². The largest absolute Gasteiger partial charge is 0.493 e. The van der Waals surface area contributed by atoms with Gasteiger partial charge in [-0.05, 0) is 31.4 Å². The van der Waals surface area contributed by atoms with Gasteiger partial charge in [0.2, 0.25) is 17.7 Å². The van der Waals surface area contributed by atoms with E-state index >= 15 is 0 Å². The van der Waals surface area contributed by atoms with E-state index in [-0.39, 0.29) is 23.6 Å². The van der Waals surface area contributed by atoms with Crippen LogP contribution in [0.4, 0.5) is 0 Å². The fourth-order valence-corrected chi connectivity index (χ4v) is 4.39. The summed E-state index contributed by atoms with van der Waals surface area (Å²) in [7, 11) is 1.65. The number of para-hydroxylation sites is 1. The first-order valence-corrected chi connectivity index (χ1v) is 12.3. The second-order valence-electron chi connectivity index (χ2n) is 8.86. The highest BCUT2D eigenvalue weighted by Crippen LogP contribution is 2.21. The first-order chi connectivity index (χ1) is 16.6. The van der Waals surface area contributed by atoms with Crippen LogP contribution in [0.2, 0.25) is 0 Å². The highest BCUT2D eigenvalue weighted by molar-refractivity contribution is 5.80. The first-order valence-electron chi connectivity index (χ1n) is 12.3. The molecule has 2 aliphatic heterocycles. The number of piperidine rings is 1. The Kier molecular flexibility index (Phi) is 10.6. The van der Waals surface area contributed by atoms with Crippen LogP contribution in [-0.4, -0.2) is 105 Å². The molecule has 1 aromatic rings. The maximum Gasteiger partial charge on any atom is 0.234 e. The average Bonchev–Trinajstić information content (AvgIpc) is 2.87. The van der Waals surface area contributed by atoms with Crippen LogP contribution in [0.1, 0.15) is 25.7 Å². The molecule has 0 atom stereocenters. The van der Waals surface area contributed by atoms with Gasteiger partial charge in [-0.15, -0.1) is 0 Å². The number of hydrogen-bond donors (Lipinski definition) is 1. The number of nitrogens with one attached hydrogen (secondary N) is 1. The first kappa shape index (κ1) is 26.0. The summed E-state index contributed by atoms with van der Waals surface area (Å²) in [5.74, 6) is 1.02. The predicted octanol–water partition coefficient (Wildman–Crippen LogP) is 0.991. The topological polar surface area (TPSA) is 91.4 Å². The molecule has 2 aliphatic rings. The summed E-state index contributed by atoms with van der Waals surface area (Å²) in [6.45, 7) is 5.90. The summed E-state index contributed by atoms with van der Waals surface area (Å²) in [5, 5.41) is 2.90. The monoisotopic (exact) mass is 474 g/mol. The lowest BCUT2D eigenvalue weighted by molar-refractivity contribution is -0.142. The molecule has 34 heavy (non-hydrogen) atoms. The lowest BCUT2D eigenvalue weighted by atomic mass is 9.94. The molecule has 1 N–H and O–H groups in total. The molecule has 0 unspecified atom stereocenters. The van der Waals surface area contributed by atoms with Crippen molar-refractivity contribution in [1.29, 1.82) is 0 Å². The predicted molar refractivity (Wildman–Crippen MR) is 128 cm³/mol. The molecule has 0 spiro atoms. The standard InChI is InChI=1S/C25H38N4O5/c1-33-18-5-11-26-23(30)20-27-14-16-29(17-15-27)25(32)21-8-12-28(13-9-21)24(31)10-19-34-22-6-3-2-4-7-22/h2-4,6-7,21H,5,8-20H2,1H3,(H,26,30). The number of methoxy groups -OCH3 is 1. The van der Waals surface area contributed by atoms with Crippen molar-refractivity contribution in [2.24, 2.45) is 5.92 Å². The molecule has 0 bridgehead atoms. The van der Waals surface area contributed by atoms with Gasteiger partial charge in [-0.2, -0.15) is 0 Å². The number of piperazine rings is 1. The Bertz CT molecular complexity index is 775. The van der Waals surface area contributed by atoms with E-state index in [2.05, 4.69) is 10.2 Å². The summed E-state index contributed by atoms with van der Waals surface area (Å²) >= 11 is 0. The number of carbonyl (C=O) groups is 3. The third kappa shape index (κ3) is 8.29. The molecule has 188 valence electrons. The van der Waals surface area contributed by atoms with Gasteiger partial charge >= 0.3 is 0 Å². The van der Waals surface area contributed by atoms with Crippen LogP contribution < -0.4 is 10.1 Å². The van der Waals surface area contributed by atoms with Crippen molar-refractivity contribution in [2.75, 3.05) is 72.7 Å². The van der Waals surface area contributed by atoms with Gasteiger partial charge in [0.05, 0.1) is 19.6 Å². The van der Waals surface area contributed by atoms with Gasteiger partial charge in [-0.25, -0.2) is 0 Å². The van der Waals surface area contributed by atoms with Crippen LogP contribution in [-0.2, 0) is 19.1 Å². The zero-order valence-electron chi connectivity index (χ0n) is 20.2. The lowest BCUT2D eigenvalue weighted by Crippen LogP contribution is -2.53. The van der Waals surface area contributed by atoms with Crippen molar-refractivity contribution in [3.63, 3.8) is 0 Å². The van der Waals surface area contributed by atoms with Crippen molar-refractivity contribution < 1.29 is 23.9 Å². The normalized spacial score (nSPS) is 17.4. The van der Waals surface area contributed by atoms with Crippen LogP contribution >= 0.6 is 0 Å². The Labute approximate surface area is 202 Å². The van der Waals surface area contributed by atoms with E-state index in [4.69, 9.17) is 9.47 Å². The van der Waals surface area contributed by atoms with E-state index in [1.807, 2.05) is 40.1 Å². The minimum atomic E-state index is -0.0275. The van der Waals surface area contributed by atoms with Crippen LogP contribution in [0, 0.1) is 5.92 Å². The summed E-state index contributed by atoms with van der Waals surface area (Å²) in [5.41, 5.74) is 0. The van der Waals surface area contributed by atoms with Crippen molar-refractivity contribution in [3.05, 3.63) is 30.3 Å². The SMILES string of the molecule is COCCCNC(=O)CN1CCN(C(=O)C2CCN(C(=O)CCOc3ccccc3)CC2)CC1. The van der Waals surface area contributed by atoms with E-state index in [9.17, 15) is 14.4 Å². The molecular formula is C25H38N4O5. The number of carbonyl (C=O) groups excluding carboxylic acids is 3. The summed E-state index contributed by atoms with van der Waals surface area (Å²) in [4.78, 5) is 43.4. The van der Waals surface area contributed by atoms with E-state index in [0.29, 0.717) is 84.8 Å². The van der Waals surface area contributed by atoms with Gasteiger partial charge in [0, 0.05) is 65.4 Å². The average molecular weight is 475 g/mol. The quantitative estimate of drug-likeness (QED) is 0.481. The number of likely N-dealkylation sites (tertiary alicyclic amines) is 1. The molecule has 2 fully saturated rings. The smallest absolute Gasteiger partial charge is 0.234 e. The van der Waals surface area contributed by atoms with Crippen LogP contribution in [0.5, 0.6) is 5.75 Å². The van der Waals surface area contributed by atoms with Gasteiger partial charge in [0.1, 0.15) is 5.75 Å². The van der Waals surface area contributed by atoms with Gasteiger partial charge in [-0.3, -0.25) is 19.3 Å². The molecule has 2 heterocycles. The Morgan fingerprint density at radius 1 is 0.941 bits per heavy atom. The lowest BCUT2D eigenvalue weighted by Gasteiger charge is -2.38. The summed E-state index contributed by atoms with van der Waals surface area (Å²) in [6, 6.07) is 9.48. The number of nitrogens with zero attached hydrogens (tertiary/aromatic N) is 3. The van der Waals surface area contributed by atoms with Gasteiger partial charge in [0.15, 0.2) is 0 Å². The summed E-state index contributed by atoms with van der Waals surface area (Å²) < 4.78 is 10.6. The van der Waals surface area contributed by atoms with Crippen molar-refractivity contribution in [3.8, 4) is 5.75 Å². The zero-order chi connectivity index (χ0) is 24.2. The van der Waals surface area contributed by atoms with E-state index < -0.39 is 0 Å². The number of amides is 3. The number of benzene rings is 1. The van der Waals surface area contributed by atoms with E-state index in [1.54, 1.807) is 7.11 Å². The summed E-state index contributed by atoms with van der Waals surface area (Å²) in [6.07, 6.45) is 2.55. The molecule has 0 aliphatic carbocycles. The number of rotatable bonds is 11. The maximum absolute atomic E-state index is 13.0. The van der Waals surface area contributed by atoms with Crippen molar-refractivity contribution >= 4 is 17.7 Å². The Morgan fingerprint density at radius 2 is 1.65 bits per heavy atom. The molecule has 2 saturated heterocycles. The van der Waals surface area contributed by atoms with Crippen molar-refractivity contribution in [2.45, 2.75) is 25.7 Å². The fraction of sp³-hybridized carbons (Fsp3) is 0.640. The van der Waals surface area contributed by atoms with E-state index in [0.717, 1.165) is 12.2 Å². The van der Waals surface area contributed by atoms with Crippen LogP contribution in [0.25, 0.3) is 0 Å². The molecule has 0 saturated carbocycles. The highest BCUT2D eigenvalue weighted by atomic mass is 16.5. The fourth-order valence-electron chi connectivity index (χ4n) is 4.39. The number of ether oxygens (including phenoxy) is 2. The minimum absolute atomic E-state index is 0.0158.